The number of nitrogens with zero attached hydrogens (tertiary/aromatic N) is 3. The van der Waals surface area contributed by atoms with Crippen LogP contribution in [-0.4, -0.2) is 29.1 Å². The van der Waals surface area contributed by atoms with E-state index in [9.17, 15) is 8.42 Å². The van der Waals surface area contributed by atoms with Crippen LogP contribution in [-0.2, 0) is 10.0 Å². The van der Waals surface area contributed by atoms with Crippen molar-refractivity contribution in [2.75, 3.05) is 0 Å². The Hall–Kier alpha value is -1.80. The second-order valence-corrected chi connectivity index (χ2v) is 12.0. The molecule has 0 bridgehead atoms. The third-order valence-electron chi connectivity index (χ3n) is 6.36. The smallest absolute Gasteiger partial charge is 0.258 e. The van der Waals surface area contributed by atoms with Crippen LogP contribution in [0, 0.1) is 5.41 Å². The van der Waals surface area contributed by atoms with Crippen LogP contribution >= 0.6 is 0 Å². The van der Waals surface area contributed by atoms with Crippen molar-refractivity contribution < 1.29 is 12.9 Å². The molecule has 2 aromatic rings. The first-order valence-electron chi connectivity index (χ1n) is 10.8. The fourth-order valence-electron chi connectivity index (χ4n) is 4.81. The van der Waals surface area contributed by atoms with E-state index < -0.39 is 15.6 Å². The van der Waals surface area contributed by atoms with E-state index in [2.05, 4.69) is 28.7 Å². The Morgan fingerprint density at radius 1 is 1.10 bits per heavy atom. The maximum absolute atomic E-state index is 12.5. The molecule has 1 N–H and O–H groups in total. The van der Waals surface area contributed by atoms with Crippen LogP contribution in [0.25, 0.3) is 0 Å². The van der Waals surface area contributed by atoms with Crippen molar-refractivity contribution in [1.29, 1.82) is 0 Å². The molecule has 2 fully saturated rings. The highest BCUT2D eigenvalue weighted by molar-refractivity contribution is 7.89. The van der Waals surface area contributed by atoms with Gasteiger partial charge in [-0.15, -0.1) is 0 Å². The maximum atomic E-state index is 12.5. The van der Waals surface area contributed by atoms with E-state index in [4.69, 9.17) is 9.51 Å². The highest BCUT2D eigenvalue weighted by atomic mass is 32.2. The Balaban J connectivity index is 1.52. The van der Waals surface area contributed by atoms with Gasteiger partial charge in [-0.3, -0.25) is 0 Å². The zero-order valence-electron chi connectivity index (χ0n) is 18.5. The molecule has 7 nitrogen and oxygen atoms in total. The molecule has 0 unspecified atom stereocenters. The molecule has 2 saturated carbocycles. The summed E-state index contributed by atoms with van der Waals surface area (Å²) in [7, 11) is -3.65. The summed E-state index contributed by atoms with van der Waals surface area (Å²) >= 11 is 0. The second-order valence-electron chi connectivity index (χ2n) is 10.4. The molecule has 0 radical (unpaired) electrons. The van der Waals surface area contributed by atoms with Crippen LogP contribution < -0.4 is 4.72 Å². The summed E-state index contributed by atoms with van der Waals surface area (Å²) in [5.41, 5.74) is 0.399. The van der Waals surface area contributed by atoms with Crippen LogP contribution in [0.15, 0.2) is 27.9 Å². The average molecular weight is 433 g/mol. The van der Waals surface area contributed by atoms with Crippen LogP contribution in [0.4, 0.5) is 0 Å². The first kappa shape index (κ1) is 21.4. The molecule has 0 aromatic carbocycles. The molecule has 0 saturated heterocycles. The fraction of sp³-hybridized carbons (Fsp3) is 0.682. The van der Waals surface area contributed by atoms with E-state index in [1.807, 2.05) is 26.8 Å². The first-order chi connectivity index (χ1) is 14.0. The van der Waals surface area contributed by atoms with Crippen molar-refractivity contribution >= 4 is 10.0 Å². The summed E-state index contributed by atoms with van der Waals surface area (Å²) in [5.74, 6) is 2.25. The maximum Gasteiger partial charge on any atom is 0.258 e. The molecule has 4 rings (SSSR count). The molecule has 2 aromatic heterocycles. The van der Waals surface area contributed by atoms with Gasteiger partial charge in [-0.25, -0.2) is 18.1 Å². The Bertz CT molecular complexity index is 1000. The zero-order chi connectivity index (χ0) is 21.7. The number of hydrogen-bond acceptors (Lipinski definition) is 6. The van der Waals surface area contributed by atoms with Gasteiger partial charge in [0.15, 0.2) is 10.9 Å². The average Bonchev–Trinajstić information content (AvgIpc) is 3.01. The van der Waals surface area contributed by atoms with E-state index in [-0.39, 0.29) is 22.3 Å². The predicted molar refractivity (Wildman–Crippen MR) is 114 cm³/mol. The van der Waals surface area contributed by atoms with E-state index in [0.717, 1.165) is 24.2 Å². The van der Waals surface area contributed by atoms with Crippen molar-refractivity contribution in [3.63, 3.8) is 0 Å². The van der Waals surface area contributed by atoms with Crippen molar-refractivity contribution in [2.45, 2.75) is 95.0 Å². The molecule has 0 amide bonds. The third kappa shape index (κ3) is 4.17. The van der Waals surface area contributed by atoms with E-state index in [1.165, 1.54) is 19.3 Å². The molecule has 8 heteroatoms. The summed E-state index contributed by atoms with van der Waals surface area (Å²) in [6.45, 7) is 9.78. The molecular weight excluding hydrogens is 400 g/mol. The summed E-state index contributed by atoms with van der Waals surface area (Å²) < 4.78 is 33.3. The Kier molecular flexibility index (Phi) is 5.29. The van der Waals surface area contributed by atoms with Crippen LogP contribution in [0.1, 0.15) is 102 Å². The van der Waals surface area contributed by atoms with Crippen molar-refractivity contribution in [3.8, 4) is 0 Å². The standard InChI is InChI=1S/C22H32N4O3S/c1-21(2,3)26-30(27,28)16-12-11-15(13-23-16)17-18(22(17,4)5)20-24-19(25-29-20)14-9-7-6-8-10-14/h11-14,17-18,26H,6-10H2,1-5H3/t17-,18+/m1/s1. The molecule has 0 aliphatic heterocycles. The number of aromatic nitrogens is 3. The molecule has 2 aliphatic carbocycles. The minimum absolute atomic E-state index is 0.0357. The molecule has 30 heavy (non-hydrogen) atoms. The molecule has 2 aliphatic rings. The Morgan fingerprint density at radius 3 is 2.40 bits per heavy atom. The third-order valence-corrected chi connectivity index (χ3v) is 8.03. The van der Waals surface area contributed by atoms with Gasteiger partial charge in [0.2, 0.25) is 5.89 Å². The van der Waals surface area contributed by atoms with Gasteiger partial charge in [0, 0.05) is 23.6 Å². The zero-order valence-corrected chi connectivity index (χ0v) is 19.3. The number of hydrogen-bond donors (Lipinski definition) is 1. The number of pyridine rings is 1. The topological polar surface area (TPSA) is 98.0 Å². The summed E-state index contributed by atoms with van der Waals surface area (Å²) in [4.78, 5) is 9.01. The van der Waals surface area contributed by atoms with E-state index in [1.54, 1.807) is 12.3 Å². The van der Waals surface area contributed by atoms with Gasteiger partial charge in [0.1, 0.15) is 0 Å². The van der Waals surface area contributed by atoms with Crippen molar-refractivity contribution in [3.05, 3.63) is 35.6 Å². The van der Waals surface area contributed by atoms with Gasteiger partial charge in [0.05, 0.1) is 5.92 Å². The largest absolute Gasteiger partial charge is 0.339 e. The molecule has 2 heterocycles. The van der Waals surface area contributed by atoms with Crippen molar-refractivity contribution in [1.82, 2.24) is 19.8 Å². The van der Waals surface area contributed by atoms with Gasteiger partial charge in [-0.1, -0.05) is 44.3 Å². The predicted octanol–water partition coefficient (Wildman–Crippen LogP) is 4.50. The summed E-state index contributed by atoms with van der Waals surface area (Å²) in [5, 5.41) is 4.32. The number of nitrogens with one attached hydrogen (secondary N) is 1. The molecule has 164 valence electrons. The first-order valence-corrected chi connectivity index (χ1v) is 12.3. The number of sulfonamides is 1. The lowest BCUT2D eigenvalue weighted by molar-refractivity contribution is 0.351. The van der Waals surface area contributed by atoms with Crippen LogP contribution in [0.2, 0.25) is 0 Å². The lowest BCUT2D eigenvalue weighted by atomic mass is 9.89. The summed E-state index contributed by atoms with van der Waals surface area (Å²) in [6.07, 6.45) is 7.71. The van der Waals surface area contributed by atoms with Crippen LogP contribution in [0.3, 0.4) is 0 Å². The quantitative estimate of drug-likeness (QED) is 0.747. The lowest BCUT2D eigenvalue weighted by Gasteiger charge is -2.19. The molecular formula is C22H32N4O3S. The minimum atomic E-state index is -3.65. The highest BCUT2D eigenvalue weighted by Gasteiger charge is 2.62. The fourth-order valence-corrected chi connectivity index (χ4v) is 6.16. The van der Waals surface area contributed by atoms with Gasteiger partial charge in [-0.2, -0.15) is 4.98 Å². The van der Waals surface area contributed by atoms with Crippen molar-refractivity contribution in [2.24, 2.45) is 5.41 Å². The lowest BCUT2D eigenvalue weighted by Crippen LogP contribution is -2.40. The highest BCUT2D eigenvalue weighted by Crippen LogP contribution is 2.69. The Morgan fingerprint density at radius 2 is 1.80 bits per heavy atom. The van der Waals surface area contributed by atoms with E-state index in [0.29, 0.717) is 11.8 Å². The minimum Gasteiger partial charge on any atom is -0.339 e. The van der Waals surface area contributed by atoms with Gasteiger partial charge >= 0.3 is 0 Å². The van der Waals surface area contributed by atoms with E-state index >= 15 is 0 Å². The van der Waals surface area contributed by atoms with Gasteiger partial charge < -0.3 is 4.52 Å². The van der Waals surface area contributed by atoms with Gasteiger partial charge in [-0.05, 0) is 50.7 Å². The molecule has 2 atom stereocenters. The normalized spacial score (nSPS) is 24.7. The Labute approximate surface area is 179 Å². The monoisotopic (exact) mass is 432 g/mol. The summed E-state index contributed by atoms with van der Waals surface area (Å²) in [6, 6.07) is 3.44. The molecule has 0 spiro atoms. The number of rotatable bonds is 5. The van der Waals surface area contributed by atoms with Crippen LogP contribution in [0.5, 0.6) is 0 Å². The second kappa shape index (κ2) is 7.41. The SMILES string of the molecule is CC(C)(C)NS(=O)(=O)c1ccc([C@@H]2[C@@H](c3nc(C4CCCCC4)no3)C2(C)C)cn1. The van der Waals surface area contributed by atoms with Gasteiger partial charge in [0.25, 0.3) is 10.0 Å².